The van der Waals surface area contributed by atoms with Crippen LogP contribution in [0.5, 0.6) is 5.75 Å². The van der Waals surface area contributed by atoms with Crippen molar-refractivity contribution in [2.45, 2.75) is 46.3 Å². The van der Waals surface area contributed by atoms with Crippen molar-refractivity contribution in [2.24, 2.45) is 0 Å². The van der Waals surface area contributed by atoms with E-state index < -0.39 is 11.4 Å². The van der Waals surface area contributed by atoms with Gasteiger partial charge in [-0.25, -0.2) is 19.2 Å². The van der Waals surface area contributed by atoms with Crippen molar-refractivity contribution in [1.82, 2.24) is 24.8 Å². The van der Waals surface area contributed by atoms with E-state index in [1.165, 1.54) is 6.33 Å². The quantitative estimate of drug-likeness (QED) is 0.289. The third-order valence-corrected chi connectivity index (χ3v) is 7.12. The molecule has 1 saturated heterocycles. The molecule has 2 aromatic heterocycles. The molecule has 4 aromatic rings. The van der Waals surface area contributed by atoms with Crippen LogP contribution in [-0.4, -0.2) is 89.4 Å². The fourth-order valence-corrected chi connectivity index (χ4v) is 5.25. The Morgan fingerprint density at radius 1 is 1.07 bits per heavy atom. The molecule has 43 heavy (non-hydrogen) atoms. The van der Waals surface area contributed by atoms with Crippen molar-refractivity contribution in [3.63, 3.8) is 0 Å². The molecule has 10 nitrogen and oxygen atoms in total. The molecule has 0 aliphatic carbocycles. The van der Waals surface area contributed by atoms with Crippen molar-refractivity contribution >= 4 is 45.1 Å². The normalized spacial score (nSPS) is 14.8. The monoisotopic (exact) mass is 589 g/mol. The zero-order chi connectivity index (χ0) is 30.9. The zero-order valence-corrected chi connectivity index (χ0v) is 25.9. The summed E-state index contributed by atoms with van der Waals surface area (Å²) in [6.07, 6.45) is 2.74. The highest BCUT2D eigenvalue weighted by atomic mass is 19.1. The molecule has 0 radical (unpaired) electrons. The molecule has 0 unspecified atom stereocenters. The number of hydrogen-bond acceptors (Lipinski definition) is 9. The van der Waals surface area contributed by atoms with Crippen molar-refractivity contribution in [2.75, 3.05) is 57.0 Å². The van der Waals surface area contributed by atoms with Crippen molar-refractivity contribution in [1.29, 1.82) is 0 Å². The van der Waals surface area contributed by atoms with E-state index in [4.69, 9.17) is 9.47 Å². The van der Waals surface area contributed by atoms with Gasteiger partial charge < -0.3 is 29.5 Å². The molecule has 1 aliphatic heterocycles. The molecule has 1 fully saturated rings. The number of carbonyl (C=O) groups is 1. The Balaban J connectivity index is 1.49. The van der Waals surface area contributed by atoms with E-state index in [0.29, 0.717) is 66.1 Å². The van der Waals surface area contributed by atoms with Gasteiger partial charge in [-0.15, -0.1) is 0 Å². The van der Waals surface area contributed by atoms with Gasteiger partial charge in [0.1, 0.15) is 29.6 Å². The van der Waals surface area contributed by atoms with Crippen LogP contribution >= 0.6 is 0 Å². The zero-order valence-electron chi connectivity index (χ0n) is 25.9. The van der Waals surface area contributed by atoms with Crippen LogP contribution in [0, 0.1) is 12.7 Å². The highest BCUT2D eigenvalue weighted by Gasteiger charge is 2.27. The third kappa shape index (κ3) is 7.05. The Bertz CT molecular complexity index is 1630. The fraction of sp³-hybridized carbons (Fsp3) is 0.438. The smallest absolute Gasteiger partial charge is 0.410 e. The molecule has 11 heteroatoms. The van der Waals surface area contributed by atoms with Gasteiger partial charge in [-0.05, 0) is 78.5 Å². The van der Waals surface area contributed by atoms with E-state index in [-0.39, 0.29) is 17.9 Å². The van der Waals surface area contributed by atoms with Gasteiger partial charge in [0.2, 0.25) is 0 Å². The molecule has 5 rings (SSSR count). The van der Waals surface area contributed by atoms with Crippen LogP contribution in [0.25, 0.3) is 21.8 Å². The first kappa shape index (κ1) is 30.2. The van der Waals surface area contributed by atoms with Crippen molar-refractivity contribution in [3.05, 3.63) is 54.2 Å². The summed E-state index contributed by atoms with van der Waals surface area (Å²) in [6, 6.07) is 9.21. The van der Waals surface area contributed by atoms with Gasteiger partial charge in [-0.1, -0.05) is 0 Å². The minimum atomic E-state index is -0.543. The van der Waals surface area contributed by atoms with Crippen LogP contribution in [0.1, 0.15) is 33.3 Å². The second kappa shape index (κ2) is 12.2. The van der Waals surface area contributed by atoms with Gasteiger partial charge in [0.15, 0.2) is 5.82 Å². The molecule has 1 aliphatic rings. The molecule has 1 N–H and O–H groups in total. The van der Waals surface area contributed by atoms with Gasteiger partial charge in [0.05, 0.1) is 22.1 Å². The van der Waals surface area contributed by atoms with Crippen LogP contribution in [0.15, 0.2) is 42.9 Å². The number of likely N-dealkylation sites (N-methyl/N-ethyl adjacent to an activating group) is 1. The van der Waals surface area contributed by atoms with Gasteiger partial charge in [0.25, 0.3) is 0 Å². The number of nitrogens with zero attached hydrogens (tertiary/aromatic N) is 6. The molecule has 1 amide bonds. The molecule has 2 aromatic carbocycles. The number of carbonyl (C=O) groups excluding carboxylic acids is 1. The molecular weight excluding hydrogens is 549 g/mol. The van der Waals surface area contributed by atoms with E-state index in [9.17, 15) is 4.79 Å². The number of hydrogen-bond donors (Lipinski definition) is 1. The molecule has 0 spiro atoms. The summed E-state index contributed by atoms with van der Waals surface area (Å²) in [6.45, 7) is 12.5. The number of piperazine rings is 1. The Morgan fingerprint density at radius 2 is 1.81 bits per heavy atom. The second-order valence-electron chi connectivity index (χ2n) is 12.3. The average molecular weight is 590 g/mol. The fourth-order valence-electron chi connectivity index (χ4n) is 5.25. The van der Waals surface area contributed by atoms with Crippen LogP contribution in [0.3, 0.4) is 0 Å². The number of aromatic nitrogens is 3. The molecule has 228 valence electrons. The Labute approximate surface area is 251 Å². The topological polar surface area (TPSA) is 96.0 Å². The lowest BCUT2D eigenvalue weighted by atomic mass is 10.1. The third-order valence-electron chi connectivity index (χ3n) is 7.12. The summed E-state index contributed by atoms with van der Waals surface area (Å²) in [5.41, 5.74) is 2.79. The summed E-state index contributed by atoms with van der Waals surface area (Å²) in [7, 11) is 3.99. The Kier molecular flexibility index (Phi) is 8.55. The predicted octanol–water partition coefficient (Wildman–Crippen LogP) is 5.76. The summed E-state index contributed by atoms with van der Waals surface area (Å²) in [4.78, 5) is 32.0. The van der Waals surface area contributed by atoms with Gasteiger partial charge in [-0.2, -0.15) is 0 Å². The Morgan fingerprint density at radius 3 is 2.51 bits per heavy atom. The summed E-state index contributed by atoms with van der Waals surface area (Å²) in [5, 5.41) is 4.30. The number of amides is 1. The summed E-state index contributed by atoms with van der Waals surface area (Å²) < 4.78 is 27.7. The predicted molar refractivity (Wildman–Crippen MR) is 168 cm³/mol. The SMILES string of the molecule is Cc1cnc2ccc(Nc3ncnc4cc(N5CCN(C(=O)OC(C)(C)C)CC5)cc(O[C@H](C)CN(C)C)c34)c(F)c2c1. The van der Waals surface area contributed by atoms with Crippen LogP contribution in [0.4, 0.5) is 26.4 Å². The Hall–Kier alpha value is -4.25. The van der Waals surface area contributed by atoms with Crippen molar-refractivity contribution < 1.29 is 18.7 Å². The van der Waals surface area contributed by atoms with E-state index >= 15 is 4.39 Å². The maximum absolute atomic E-state index is 15.6. The highest BCUT2D eigenvalue weighted by Crippen LogP contribution is 2.37. The largest absolute Gasteiger partial charge is 0.488 e. The first-order valence-corrected chi connectivity index (χ1v) is 14.5. The van der Waals surface area contributed by atoms with Crippen LogP contribution in [0.2, 0.25) is 0 Å². The average Bonchev–Trinajstić information content (AvgIpc) is 2.93. The van der Waals surface area contributed by atoms with E-state index in [2.05, 4.69) is 30.1 Å². The van der Waals surface area contributed by atoms with Crippen LogP contribution in [-0.2, 0) is 4.74 Å². The first-order valence-electron chi connectivity index (χ1n) is 14.5. The number of fused-ring (bicyclic) bond motifs is 2. The second-order valence-corrected chi connectivity index (χ2v) is 12.3. The number of pyridine rings is 1. The number of halogens is 1. The molecule has 1 atom stereocenters. The lowest BCUT2D eigenvalue weighted by Crippen LogP contribution is -2.50. The summed E-state index contributed by atoms with van der Waals surface area (Å²) in [5.74, 6) is 0.638. The molecule has 0 bridgehead atoms. The highest BCUT2D eigenvalue weighted by molar-refractivity contribution is 5.98. The number of rotatable bonds is 7. The number of benzene rings is 2. The number of aryl methyl sites for hydroxylation is 1. The number of ether oxygens (including phenoxy) is 2. The minimum absolute atomic E-state index is 0.142. The van der Waals surface area contributed by atoms with E-state index in [1.54, 1.807) is 29.3 Å². The van der Waals surface area contributed by atoms with Crippen molar-refractivity contribution in [3.8, 4) is 5.75 Å². The van der Waals surface area contributed by atoms with Gasteiger partial charge in [-0.3, -0.25) is 4.98 Å². The molecular formula is C32H40FN7O3. The van der Waals surface area contributed by atoms with Crippen LogP contribution < -0.4 is 15.0 Å². The number of anilines is 3. The number of nitrogens with one attached hydrogen (secondary N) is 1. The molecule has 0 saturated carbocycles. The standard InChI is InChI=1S/C32H40FN7O3/c1-20-14-23-24(34-17-20)8-9-25(29(23)33)37-30-28-26(35-19-36-30)15-22(16-27(28)42-21(2)18-38(6)7)39-10-12-40(13-11-39)31(41)43-32(3,4)5/h8-9,14-17,19,21H,10-13,18H2,1-7H3,(H,35,36,37)/t21-/m1/s1. The lowest BCUT2D eigenvalue weighted by molar-refractivity contribution is 0.0240. The van der Waals surface area contributed by atoms with Gasteiger partial charge >= 0.3 is 6.09 Å². The minimum Gasteiger partial charge on any atom is -0.488 e. The molecule has 3 heterocycles. The maximum atomic E-state index is 15.6. The lowest BCUT2D eigenvalue weighted by Gasteiger charge is -2.37. The van der Waals surface area contributed by atoms with E-state index in [0.717, 1.165) is 11.3 Å². The van der Waals surface area contributed by atoms with Gasteiger partial charge in [0, 0.05) is 56.1 Å². The first-order chi connectivity index (χ1) is 20.4. The van der Waals surface area contributed by atoms with E-state index in [1.807, 2.05) is 60.8 Å². The summed E-state index contributed by atoms with van der Waals surface area (Å²) >= 11 is 0. The maximum Gasteiger partial charge on any atom is 0.410 e.